The Morgan fingerprint density at radius 1 is 1.05 bits per heavy atom. The van der Waals surface area contributed by atoms with Crippen molar-refractivity contribution in [2.75, 3.05) is 33.2 Å². The van der Waals surface area contributed by atoms with E-state index in [-0.39, 0.29) is 24.0 Å². The SMILES string of the molecule is CCc1ccccc1CNC(=NC)NCCN(CC)CC.I. The second-order valence-corrected chi connectivity index (χ2v) is 5.00. The molecule has 0 bridgehead atoms. The van der Waals surface area contributed by atoms with E-state index >= 15 is 0 Å². The molecular formula is C17H31IN4. The van der Waals surface area contributed by atoms with Gasteiger partial charge in [0.1, 0.15) is 0 Å². The number of nitrogens with one attached hydrogen (secondary N) is 2. The monoisotopic (exact) mass is 418 g/mol. The van der Waals surface area contributed by atoms with Crippen LogP contribution in [-0.4, -0.2) is 44.1 Å². The predicted molar refractivity (Wildman–Crippen MR) is 107 cm³/mol. The third-order valence-corrected chi connectivity index (χ3v) is 3.78. The van der Waals surface area contributed by atoms with Gasteiger partial charge in [-0.3, -0.25) is 4.99 Å². The summed E-state index contributed by atoms with van der Waals surface area (Å²) in [5.41, 5.74) is 2.73. The van der Waals surface area contributed by atoms with E-state index in [1.807, 2.05) is 7.05 Å². The Kier molecular flexibility index (Phi) is 12.2. The number of aryl methyl sites for hydroxylation is 1. The van der Waals surface area contributed by atoms with Crippen molar-refractivity contribution in [1.82, 2.24) is 15.5 Å². The molecule has 1 aromatic rings. The van der Waals surface area contributed by atoms with Crippen molar-refractivity contribution >= 4 is 29.9 Å². The minimum absolute atomic E-state index is 0. The minimum atomic E-state index is 0. The summed E-state index contributed by atoms with van der Waals surface area (Å²) >= 11 is 0. The zero-order valence-electron chi connectivity index (χ0n) is 14.4. The van der Waals surface area contributed by atoms with Crippen molar-refractivity contribution < 1.29 is 0 Å². The lowest BCUT2D eigenvalue weighted by atomic mass is 10.1. The predicted octanol–water partition coefficient (Wildman–Crippen LogP) is 2.87. The third-order valence-electron chi connectivity index (χ3n) is 3.78. The standard InChI is InChI=1S/C17H30N4.HI/c1-5-15-10-8-9-11-16(15)14-20-17(18-4)19-12-13-21(6-2)7-3;/h8-11H,5-7,12-14H2,1-4H3,(H2,18,19,20);1H. The normalized spacial score (nSPS) is 11.2. The number of rotatable bonds is 8. The smallest absolute Gasteiger partial charge is 0.191 e. The minimum Gasteiger partial charge on any atom is -0.355 e. The van der Waals surface area contributed by atoms with Crippen LogP contribution in [0.15, 0.2) is 29.3 Å². The highest BCUT2D eigenvalue weighted by Crippen LogP contribution is 2.08. The maximum Gasteiger partial charge on any atom is 0.191 e. The van der Waals surface area contributed by atoms with Crippen LogP contribution in [0.1, 0.15) is 31.9 Å². The van der Waals surface area contributed by atoms with Gasteiger partial charge in [0, 0.05) is 26.7 Å². The lowest BCUT2D eigenvalue weighted by Gasteiger charge is -2.19. The van der Waals surface area contributed by atoms with Crippen LogP contribution in [0.3, 0.4) is 0 Å². The van der Waals surface area contributed by atoms with Gasteiger partial charge < -0.3 is 15.5 Å². The van der Waals surface area contributed by atoms with Gasteiger partial charge in [-0.2, -0.15) is 0 Å². The lowest BCUT2D eigenvalue weighted by Crippen LogP contribution is -2.41. The summed E-state index contributed by atoms with van der Waals surface area (Å²) in [6.07, 6.45) is 1.06. The molecule has 0 aromatic heterocycles. The van der Waals surface area contributed by atoms with Gasteiger partial charge in [-0.15, -0.1) is 24.0 Å². The van der Waals surface area contributed by atoms with Crippen molar-refractivity contribution in [3.05, 3.63) is 35.4 Å². The maximum atomic E-state index is 4.28. The summed E-state index contributed by atoms with van der Waals surface area (Å²) in [4.78, 5) is 6.68. The van der Waals surface area contributed by atoms with Gasteiger partial charge in [-0.25, -0.2) is 0 Å². The van der Waals surface area contributed by atoms with Crippen molar-refractivity contribution in [2.45, 2.75) is 33.7 Å². The van der Waals surface area contributed by atoms with E-state index in [2.05, 4.69) is 65.6 Å². The molecule has 0 radical (unpaired) electrons. The first kappa shape index (κ1) is 21.2. The summed E-state index contributed by atoms with van der Waals surface area (Å²) in [6.45, 7) is 11.5. The van der Waals surface area contributed by atoms with Gasteiger partial charge in [0.05, 0.1) is 0 Å². The van der Waals surface area contributed by atoms with E-state index in [0.29, 0.717) is 0 Å². The first-order valence-corrected chi connectivity index (χ1v) is 7.98. The molecule has 4 nitrogen and oxygen atoms in total. The Hall–Kier alpha value is -0.820. The molecule has 0 fully saturated rings. The van der Waals surface area contributed by atoms with Crippen LogP contribution >= 0.6 is 24.0 Å². The first-order valence-electron chi connectivity index (χ1n) is 7.98. The molecule has 0 saturated carbocycles. The molecule has 0 amide bonds. The highest BCUT2D eigenvalue weighted by Gasteiger charge is 2.03. The zero-order chi connectivity index (χ0) is 15.5. The average Bonchev–Trinajstić information content (AvgIpc) is 2.54. The summed E-state index contributed by atoms with van der Waals surface area (Å²) in [5.74, 6) is 0.869. The molecule has 0 aliphatic rings. The number of likely N-dealkylation sites (N-methyl/N-ethyl adjacent to an activating group) is 1. The number of guanidine groups is 1. The van der Waals surface area contributed by atoms with Crippen molar-refractivity contribution in [3.63, 3.8) is 0 Å². The van der Waals surface area contributed by atoms with E-state index in [4.69, 9.17) is 0 Å². The Morgan fingerprint density at radius 2 is 1.68 bits per heavy atom. The molecule has 126 valence electrons. The molecule has 22 heavy (non-hydrogen) atoms. The fourth-order valence-electron chi connectivity index (χ4n) is 2.35. The van der Waals surface area contributed by atoms with Gasteiger partial charge in [0.25, 0.3) is 0 Å². The Morgan fingerprint density at radius 3 is 2.23 bits per heavy atom. The summed E-state index contributed by atoms with van der Waals surface area (Å²) < 4.78 is 0. The Balaban J connectivity index is 0.00000441. The number of nitrogens with zero attached hydrogens (tertiary/aromatic N) is 2. The second-order valence-electron chi connectivity index (χ2n) is 5.00. The lowest BCUT2D eigenvalue weighted by molar-refractivity contribution is 0.308. The average molecular weight is 418 g/mol. The number of hydrogen-bond donors (Lipinski definition) is 2. The molecule has 2 N–H and O–H groups in total. The molecule has 0 aliphatic carbocycles. The summed E-state index contributed by atoms with van der Waals surface area (Å²) in [7, 11) is 1.82. The number of benzene rings is 1. The molecule has 0 aliphatic heterocycles. The van der Waals surface area contributed by atoms with Gasteiger partial charge in [0.15, 0.2) is 5.96 Å². The molecule has 0 heterocycles. The molecule has 0 saturated heterocycles. The number of hydrogen-bond acceptors (Lipinski definition) is 2. The fourth-order valence-corrected chi connectivity index (χ4v) is 2.35. The summed E-state index contributed by atoms with van der Waals surface area (Å²) in [5, 5.41) is 6.76. The van der Waals surface area contributed by atoms with Gasteiger partial charge >= 0.3 is 0 Å². The van der Waals surface area contributed by atoms with Gasteiger partial charge in [0.2, 0.25) is 0 Å². The number of halogens is 1. The fraction of sp³-hybridized carbons (Fsp3) is 0.588. The van der Waals surface area contributed by atoms with E-state index in [1.165, 1.54) is 11.1 Å². The van der Waals surface area contributed by atoms with Crippen molar-refractivity contribution in [2.24, 2.45) is 4.99 Å². The zero-order valence-corrected chi connectivity index (χ0v) is 16.7. The van der Waals surface area contributed by atoms with E-state index in [0.717, 1.165) is 45.1 Å². The topological polar surface area (TPSA) is 39.7 Å². The van der Waals surface area contributed by atoms with Crippen LogP contribution in [0, 0.1) is 0 Å². The Labute approximate surface area is 152 Å². The summed E-state index contributed by atoms with van der Waals surface area (Å²) in [6, 6.07) is 8.55. The quantitative estimate of drug-likeness (QED) is 0.388. The van der Waals surface area contributed by atoms with Gasteiger partial charge in [-0.1, -0.05) is 45.0 Å². The first-order chi connectivity index (χ1) is 10.2. The second kappa shape index (κ2) is 12.7. The largest absolute Gasteiger partial charge is 0.355 e. The van der Waals surface area contributed by atoms with Crippen LogP contribution in [0.4, 0.5) is 0 Å². The van der Waals surface area contributed by atoms with Crippen molar-refractivity contribution in [1.29, 1.82) is 0 Å². The van der Waals surface area contributed by atoms with Crippen LogP contribution < -0.4 is 10.6 Å². The molecule has 5 heteroatoms. The molecule has 1 rings (SSSR count). The van der Waals surface area contributed by atoms with E-state index in [9.17, 15) is 0 Å². The third kappa shape index (κ3) is 7.45. The van der Waals surface area contributed by atoms with E-state index in [1.54, 1.807) is 0 Å². The maximum absolute atomic E-state index is 4.28. The van der Waals surface area contributed by atoms with Gasteiger partial charge in [-0.05, 0) is 30.6 Å². The number of aliphatic imine (C=N–C) groups is 1. The van der Waals surface area contributed by atoms with Crippen LogP contribution in [0.5, 0.6) is 0 Å². The van der Waals surface area contributed by atoms with Crippen LogP contribution in [0.2, 0.25) is 0 Å². The molecule has 1 aromatic carbocycles. The molecule has 0 spiro atoms. The van der Waals surface area contributed by atoms with Crippen molar-refractivity contribution in [3.8, 4) is 0 Å². The Bertz CT molecular complexity index is 430. The molecule has 0 atom stereocenters. The molecule has 0 unspecified atom stereocenters. The van der Waals surface area contributed by atoms with Crippen LogP contribution in [-0.2, 0) is 13.0 Å². The highest BCUT2D eigenvalue weighted by atomic mass is 127. The molecular weight excluding hydrogens is 387 g/mol. The van der Waals surface area contributed by atoms with Crippen LogP contribution in [0.25, 0.3) is 0 Å². The highest BCUT2D eigenvalue weighted by molar-refractivity contribution is 14.0. The van der Waals surface area contributed by atoms with E-state index < -0.39 is 0 Å².